The molecule has 0 aliphatic heterocycles. The van der Waals surface area contributed by atoms with Crippen molar-refractivity contribution in [2.24, 2.45) is 0 Å². The van der Waals surface area contributed by atoms with Gasteiger partial charge in [0.15, 0.2) is 5.65 Å². The monoisotopic (exact) mass is 291 g/mol. The van der Waals surface area contributed by atoms with E-state index in [-0.39, 0.29) is 1.43 Å². The lowest BCUT2D eigenvalue weighted by Gasteiger charge is -2.24. The van der Waals surface area contributed by atoms with Gasteiger partial charge in [0.1, 0.15) is 12.2 Å². The molecule has 0 unspecified atom stereocenters. The van der Waals surface area contributed by atoms with Crippen molar-refractivity contribution < 1.29 is 1.43 Å². The van der Waals surface area contributed by atoms with Gasteiger partial charge in [0.05, 0.1) is 5.69 Å². The number of hydrogen-bond donors (Lipinski definition) is 0. The van der Waals surface area contributed by atoms with E-state index in [4.69, 9.17) is 4.98 Å². The molecule has 5 rings (SSSR count). The molecule has 2 aliphatic rings. The zero-order valence-corrected chi connectivity index (χ0v) is 12.1. The Hall–Kier alpha value is -2.56. The Morgan fingerprint density at radius 3 is 3.00 bits per heavy atom. The van der Waals surface area contributed by atoms with Crippen LogP contribution in [-0.2, 0) is 6.42 Å². The second kappa shape index (κ2) is 4.47. The fraction of sp³-hybridized carbons (Fsp3) is 0.294. The summed E-state index contributed by atoms with van der Waals surface area (Å²) >= 11 is 0. The van der Waals surface area contributed by atoms with Gasteiger partial charge in [-0.15, -0.1) is 0 Å². The van der Waals surface area contributed by atoms with Gasteiger partial charge in [0.2, 0.25) is 0 Å². The molecule has 0 amide bonds. The summed E-state index contributed by atoms with van der Waals surface area (Å²) in [5, 5.41) is 4.21. The van der Waals surface area contributed by atoms with E-state index in [1.54, 1.807) is 10.8 Å². The normalized spacial score (nSPS) is 17.4. The van der Waals surface area contributed by atoms with Crippen molar-refractivity contribution in [3.05, 3.63) is 59.6 Å². The first-order chi connectivity index (χ1) is 10.9. The van der Waals surface area contributed by atoms with E-state index in [0.29, 0.717) is 5.92 Å². The third kappa shape index (κ3) is 1.71. The molecule has 3 aromatic heterocycles. The maximum atomic E-state index is 4.81. The van der Waals surface area contributed by atoms with Crippen LogP contribution in [0.25, 0.3) is 11.2 Å². The minimum absolute atomic E-state index is 0. The SMILES string of the molecule is C1=C(c2ccc3ncnn3c2)c2cnc(C3CCC3)nc2C1.[HH]. The second-order valence-corrected chi connectivity index (χ2v) is 6.02. The topological polar surface area (TPSA) is 56.0 Å². The number of allylic oxidation sites excluding steroid dienone is 1. The van der Waals surface area contributed by atoms with Crippen LogP contribution in [0.5, 0.6) is 0 Å². The summed E-state index contributed by atoms with van der Waals surface area (Å²) in [6, 6.07) is 4.08. The third-order valence-corrected chi connectivity index (χ3v) is 4.73. The molecule has 5 nitrogen and oxygen atoms in total. The number of pyridine rings is 1. The van der Waals surface area contributed by atoms with E-state index < -0.39 is 0 Å². The Morgan fingerprint density at radius 1 is 1.18 bits per heavy atom. The van der Waals surface area contributed by atoms with Gasteiger partial charge in [0.25, 0.3) is 0 Å². The Balaban J connectivity index is 0.00000135. The molecule has 0 saturated heterocycles. The van der Waals surface area contributed by atoms with Gasteiger partial charge in [-0.2, -0.15) is 5.10 Å². The predicted molar refractivity (Wildman–Crippen MR) is 84.5 cm³/mol. The molecule has 0 bridgehead atoms. The third-order valence-electron chi connectivity index (χ3n) is 4.73. The summed E-state index contributed by atoms with van der Waals surface area (Å²) in [5.41, 5.74) is 5.51. The van der Waals surface area contributed by atoms with E-state index >= 15 is 0 Å². The largest absolute Gasteiger partial charge is 0.240 e. The van der Waals surface area contributed by atoms with Crippen molar-refractivity contribution in [2.45, 2.75) is 31.6 Å². The maximum absolute atomic E-state index is 4.81. The molecule has 3 aromatic rings. The lowest BCUT2D eigenvalue weighted by Crippen LogP contribution is -2.13. The highest BCUT2D eigenvalue weighted by Gasteiger charge is 2.25. The second-order valence-electron chi connectivity index (χ2n) is 6.02. The molecule has 0 N–H and O–H groups in total. The van der Waals surface area contributed by atoms with Crippen LogP contribution in [0.3, 0.4) is 0 Å². The average molecular weight is 291 g/mol. The molecule has 0 atom stereocenters. The van der Waals surface area contributed by atoms with E-state index in [1.165, 1.54) is 24.8 Å². The smallest absolute Gasteiger partial charge is 0.155 e. The maximum Gasteiger partial charge on any atom is 0.155 e. The van der Waals surface area contributed by atoms with Gasteiger partial charge in [-0.05, 0) is 30.5 Å². The van der Waals surface area contributed by atoms with Crippen molar-refractivity contribution >= 4 is 11.2 Å². The summed E-state index contributed by atoms with van der Waals surface area (Å²) in [7, 11) is 0. The van der Waals surface area contributed by atoms with Crippen LogP contribution in [0.4, 0.5) is 0 Å². The Kier molecular flexibility index (Phi) is 2.44. The van der Waals surface area contributed by atoms with E-state index in [1.807, 2.05) is 18.5 Å². The van der Waals surface area contributed by atoms with Gasteiger partial charge in [-0.25, -0.2) is 19.5 Å². The standard InChI is InChI=1S/C17H15N5.H2/c1-2-11(3-1)17-18-8-14-13(5-6-15(14)21-17)12-4-7-16-19-10-20-22(16)9-12;/h4-5,7-11H,1-3,6H2;1H. The van der Waals surface area contributed by atoms with Gasteiger partial charge < -0.3 is 0 Å². The molecule has 1 fully saturated rings. The molecule has 22 heavy (non-hydrogen) atoms. The molecule has 1 saturated carbocycles. The summed E-state index contributed by atoms with van der Waals surface area (Å²) in [4.78, 5) is 13.6. The van der Waals surface area contributed by atoms with Crippen molar-refractivity contribution in [1.82, 2.24) is 24.6 Å². The fourth-order valence-electron chi connectivity index (χ4n) is 3.23. The van der Waals surface area contributed by atoms with Crippen LogP contribution in [0, 0.1) is 0 Å². The van der Waals surface area contributed by atoms with E-state index in [2.05, 4.69) is 27.2 Å². The number of hydrogen-bond acceptors (Lipinski definition) is 4. The Bertz CT molecular complexity index is 910. The first-order valence-electron chi connectivity index (χ1n) is 7.74. The lowest BCUT2D eigenvalue weighted by molar-refractivity contribution is 0.400. The zero-order valence-electron chi connectivity index (χ0n) is 12.1. The highest BCUT2D eigenvalue weighted by Crippen LogP contribution is 2.37. The molecule has 0 spiro atoms. The minimum atomic E-state index is 0. The van der Waals surface area contributed by atoms with E-state index in [9.17, 15) is 0 Å². The Morgan fingerprint density at radius 2 is 2.14 bits per heavy atom. The average Bonchev–Trinajstić information content (AvgIpc) is 3.10. The molecule has 110 valence electrons. The van der Waals surface area contributed by atoms with Crippen molar-refractivity contribution in [1.29, 1.82) is 0 Å². The van der Waals surface area contributed by atoms with Crippen LogP contribution in [-0.4, -0.2) is 24.6 Å². The van der Waals surface area contributed by atoms with Gasteiger partial charge in [0, 0.05) is 37.3 Å². The molecule has 2 aliphatic carbocycles. The highest BCUT2D eigenvalue weighted by molar-refractivity contribution is 5.83. The van der Waals surface area contributed by atoms with Crippen LogP contribution in [0.2, 0.25) is 0 Å². The number of aromatic nitrogens is 5. The highest BCUT2D eigenvalue weighted by atomic mass is 15.3. The molecular formula is C17H17N5. The molecule has 3 heterocycles. The number of nitrogens with zero attached hydrogens (tertiary/aromatic N) is 5. The van der Waals surface area contributed by atoms with Crippen molar-refractivity contribution in [3.63, 3.8) is 0 Å². The van der Waals surface area contributed by atoms with Gasteiger partial charge in [-0.3, -0.25) is 0 Å². The minimum Gasteiger partial charge on any atom is -0.240 e. The quantitative estimate of drug-likeness (QED) is 0.728. The number of rotatable bonds is 2. The molecule has 5 heteroatoms. The Labute approximate surface area is 129 Å². The van der Waals surface area contributed by atoms with Crippen molar-refractivity contribution in [3.8, 4) is 0 Å². The van der Waals surface area contributed by atoms with Crippen LogP contribution < -0.4 is 0 Å². The fourth-order valence-corrected chi connectivity index (χ4v) is 3.23. The summed E-state index contributed by atoms with van der Waals surface area (Å²) in [6.45, 7) is 0. The molecule has 0 radical (unpaired) electrons. The van der Waals surface area contributed by atoms with E-state index in [0.717, 1.165) is 34.7 Å². The van der Waals surface area contributed by atoms with Crippen molar-refractivity contribution in [2.75, 3.05) is 0 Å². The van der Waals surface area contributed by atoms with Crippen LogP contribution in [0.15, 0.2) is 36.9 Å². The summed E-state index contributed by atoms with van der Waals surface area (Å²) in [5.74, 6) is 1.62. The van der Waals surface area contributed by atoms with Crippen LogP contribution >= 0.6 is 0 Å². The summed E-state index contributed by atoms with van der Waals surface area (Å²) in [6.07, 6.45) is 12.5. The first-order valence-corrected chi connectivity index (χ1v) is 7.74. The van der Waals surface area contributed by atoms with Gasteiger partial charge >= 0.3 is 0 Å². The molecule has 0 aromatic carbocycles. The zero-order chi connectivity index (χ0) is 14.5. The first kappa shape index (κ1) is 12.0. The lowest BCUT2D eigenvalue weighted by atomic mass is 9.85. The molecular weight excluding hydrogens is 274 g/mol. The van der Waals surface area contributed by atoms with Gasteiger partial charge in [-0.1, -0.05) is 12.5 Å². The predicted octanol–water partition coefficient (Wildman–Crippen LogP) is 3.02. The van der Waals surface area contributed by atoms with Crippen LogP contribution in [0.1, 0.15) is 49.3 Å². The summed E-state index contributed by atoms with van der Waals surface area (Å²) < 4.78 is 1.80. The number of fused-ring (bicyclic) bond motifs is 2.